The van der Waals surface area contributed by atoms with Crippen LogP contribution < -0.4 is 4.90 Å². The van der Waals surface area contributed by atoms with Crippen LogP contribution in [0.25, 0.3) is 0 Å². The van der Waals surface area contributed by atoms with Gasteiger partial charge < -0.3 is 10.0 Å². The second kappa shape index (κ2) is 12.8. The molecule has 0 aromatic heterocycles. The molecule has 0 atom stereocenters. The van der Waals surface area contributed by atoms with Crippen LogP contribution in [0.15, 0.2) is 52.7 Å². The summed E-state index contributed by atoms with van der Waals surface area (Å²) >= 11 is 0. The minimum atomic E-state index is -0.882. The van der Waals surface area contributed by atoms with Crippen LogP contribution in [-0.4, -0.2) is 25.2 Å². The van der Waals surface area contributed by atoms with Crippen LogP contribution in [0.2, 0.25) is 0 Å². The molecule has 0 aliphatic rings. The van der Waals surface area contributed by atoms with E-state index in [2.05, 4.69) is 17.2 Å². The van der Waals surface area contributed by atoms with Crippen LogP contribution in [0.3, 0.4) is 0 Å². The number of carboxylic acid groups (broad SMARTS) is 1. The lowest BCUT2D eigenvalue weighted by Crippen LogP contribution is -2.07. The molecule has 0 saturated heterocycles. The van der Waals surface area contributed by atoms with Crippen molar-refractivity contribution in [3.8, 4) is 0 Å². The lowest BCUT2D eigenvalue weighted by atomic mass is 9.99. The largest absolute Gasteiger partial charge is 0.478 e. The fourth-order valence-corrected chi connectivity index (χ4v) is 3.44. The third kappa shape index (κ3) is 7.97. The molecule has 162 valence electrons. The van der Waals surface area contributed by atoms with E-state index in [1.807, 2.05) is 49.3 Å². The molecule has 0 fully saturated rings. The SMILES string of the molecule is CCCCCCCCCCc1cc(N=Nc2ccc(N(C)C)cc2)ccc1C(=O)O. The quantitative estimate of drug-likeness (QED) is 0.274. The van der Waals surface area contributed by atoms with Crippen molar-refractivity contribution in [2.45, 2.75) is 64.7 Å². The number of carboxylic acids is 1. The summed E-state index contributed by atoms with van der Waals surface area (Å²) in [6.07, 6.45) is 10.6. The van der Waals surface area contributed by atoms with E-state index >= 15 is 0 Å². The molecule has 0 radical (unpaired) electrons. The van der Waals surface area contributed by atoms with E-state index in [0.29, 0.717) is 11.3 Å². The van der Waals surface area contributed by atoms with Crippen molar-refractivity contribution in [2.75, 3.05) is 19.0 Å². The predicted molar refractivity (Wildman–Crippen MR) is 125 cm³/mol. The molecule has 1 N–H and O–H groups in total. The molecule has 0 heterocycles. The summed E-state index contributed by atoms with van der Waals surface area (Å²) in [5.74, 6) is -0.882. The highest BCUT2D eigenvalue weighted by molar-refractivity contribution is 5.89. The number of azo groups is 1. The first kappa shape index (κ1) is 23.6. The average Bonchev–Trinajstić information content (AvgIpc) is 2.74. The first-order chi connectivity index (χ1) is 14.5. The van der Waals surface area contributed by atoms with Crippen LogP contribution in [0, 0.1) is 0 Å². The van der Waals surface area contributed by atoms with Crippen molar-refractivity contribution >= 4 is 23.0 Å². The number of benzene rings is 2. The molecule has 30 heavy (non-hydrogen) atoms. The standard InChI is InChI=1S/C25H35N3O2/c1-4-5-6-7-8-9-10-11-12-20-19-22(15-18-24(20)25(29)30)27-26-21-13-16-23(17-14-21)28(2)3/h13-19H,4-12H2,1-3H3,(H,29,30). The molecule has 0 spiro atoms. The Bertz CT molecular complexity index is 814. The predicted octanol–water partition coefficient (Wildman–Crippen LogP) is 7.55. The zero-order valence-electron chi connectivity index (χ0n) is 18.6. The van der Waals surface area contributed by atoms with Gasteiger partial charge in [-0.25, -0.2) is 4.79 Å². The molecule has 5 nitrogen and oxygen atoms in total. The van der Waals surface area contributed by atoms with Gasteiger partial charge >= 0.3 is 5.97 Å². The first-order valence-corrected chi connectivity index (χ1v) is 11.1. The van der Waals surface area contributed by atoms with Crippen molar-refractivity contribution in [3.05, 3.63) is 53.6 Å². The van der Waals surface area contributed by atoms with Crippen molar-refractivity contribution in [2.24, 2.45) is 10.2 Å². The minimum Gasteiger partial charge on any atom is -0.478 e. The molecule has 2 aromatic rings. The maximum absolute atomic E-state index is 11.6. The summed E-state index contributed by atoms with van der Waals surface area (Å²) in [5, 5.41) is 18.1. The lowest BCUT2D eigenvalue weighted by Gasteiger charge is -2.11. The van der Waals surface area contributed by atoms with Gasteiger partial charge in [-0.15, -0.1) is 0 Å². The number of aryl methyl sites for hydroxylation is 1. The maximum atomic E-state index is 11.6. The summed E-state index contributed by atoms with van der Waals surface area (Å²) < 4.78 is 0. The Labute approximate surface area is 180 Å². The fourth-order valence-electron chi connectivity index (χ4n) is 3.44. The number of hydrogen-bond acceptors (Lipinski definition) is 4. The van der Waals surface area contributed by atoms with Gasteiger partial charge in [-0.1, -0.05) is 51.9 Å². The normalized spacial score (nSPS) is 11.2. The third-order valence-corrected chi connectivity index (χ3v) is 5.27. The van der Waals surface area contributed by atoms with E-state index in [1.54, 1.807) is 12.1 Å². The van der Waals surface area contributed by atoms with E-state index in [4.69, 9.17) is 0 Å². The minimum absolute atomic E-state index is 0.368. The Balaban J connectivity index is 1.95. The third-order valence-electron chi connectivity index (χ3n) is 5.27. The van der Waals surface area contributed by atoms with Gasteiger partial charge in [0.05, 0.1) is 16.9 Å². The van der Waals surface area contributed by atoms with Crippen LogP contribution in [-0.2, 0) is 6.42 Å². The number of aromatic carboxylic acids is 1. The summed E-state index contributed by atoms with van der Waals surface area (Å²) in [7, 11) is 3.99. The van der Waals surface area contributed by atoms with E-state index in [-0.39, 0.29) is 0 Å². The molecule has 2 aromatic carbocycles. The zero-order chi connectivity index (χ0) is 21.8. The number of hydrogen-bond donors (Lipinski definition) is 1. The summed E-state index contributed by atoms with van der Waals surface area (Å²) in [6.45, 7) is 2.23. The van der Waals surface area contributed by atoms with Gasteiger partial charge in [0.1, 0.15) is 0 Å². The number of rotatable bonds is 13. The Hall–Kier alpha value is -2.69. The van der Waals surface area contributed by atoms with E-state index in [1.165, 1.54) is 38.5 Å². The highest BCUT2D eigenvalue weighted by Crippen LogP contribution is 2.24. The number of anilines is 1. The zero-order valence-corrected chi connectivity index (χ0v) is 18.6. The summed E-state index contributed by atoms with van der Waals surface area (Å²) in [4.78, 5) is 13.6. The van der Waals surface area contributed by atoms with Crippen LogP contribution >= 0.6 is 0 Å². The van der Waals surface area contributed by atoms with E-state index in [9.17, 15) is 9.90 Å². The number of unbranched alkanes of at least 4 members (excludes halogenated alkanes) is 7. The Kier molecular flexibility index (Phi) is 10.1. The molecule has 5 heteroatoms. The average molecular weight is 410 g/mol. The molecular formula is C25H35N3O2. The molecule has 0 aliphatic heterocycles. The van der Waals surface area contributed by atoms with Crippen molar-refractivity contribution in [1.82, 2.24) is 0 Å². The highest BCUT2D eigenvalue weighted by Gasteiger charge is 2.10. The summed E-state index contributed by atoms with van der Waals surface area (Å²) in [5.41, 5.74) is 3.77. The molecule has 0 unspecified atom stereocenters. The van der Waals surface area contributed by atoms with Crippen LogP contribution in [0.4, 0.5) is 17.1 Å². The van der Waals surface area contributed by atoms with Gasteiger partial charge in [0, 0.05) is 19.8 Å². The number of nitrogens with zero attached hydrogens (tertiary/aromatic N) is 3. The van der Waals surface area contributed by atoms with Crippen molar-refractivity contribution < 1.29 is 9.90 Å². The highest BCUT2D eigenvalue weighted by atomic mass is 16.4. The second-order valence-corrected chi connectivity index (χ2v) is 7.98. The topological polar surface area (TPSA) is 65.3 Å². The van der Waals surface area contributed by atoms with Gasteiger partial charge in [-0.2, -0.15) is 10.2 Å². The first-order valence-electron chi connectivity index (χ1n) is 11.1. The van der Waals surface area contributed by atoms with E-state index < -0.39 is 5.97 Å². The smallest absolute Gasteiger partial charge is 0.335 e. The van der Waals surface area contributed by atoms with Gasteiger partial charge in [-0.3, -0.25) is 0 Å². The molecule has 0 saturated carbocycles. The van der Waals surface area contributed by atoms with Crippen molar-refractivity contribution in [1.29, 1.82) is 0 Å². The van der Waals surface area contributed by atoms with Gasteiger partial charge in [-0.05, 0) is 60.9 Å². The molecule has 2 rings (SSSR count). The van der Waals surface area contributed by atoms with Gasteiger partial charge in [0.15, 0.2) is 0 Å². The molecule has 0 bridgehead atoms. The Morgan fingerprint density at radius 3 is 2.00 bits per heavy atom. The second-order valence-electron chi connectivity index (χ2n) is 7.98. The molecule has 0 aliphatic carbocycles. The summed E-state index contributed by atoms with van der Waals surface area (Å²) in [6, 6.07) is 13.1. The molecular weight excluding hydrogens is 374 g/mol. The van der Waals surface area contributed by atoms with Gasteiger partial charge in [0.2, 0.25) is 0 Å². The van der Waals surface area contributed by atoms with Gasteiger partial charge in [0.25, 0.3) is 0 Å². The molecule has 0 amide bonds. The van der Waals surface area contributed by atoms with E-state index in [0.717, 1.165) is 36.2 Å². The van der Waals surface area contributed by atoms with Crippen molar-refractivity contribution in [3.63, 3.8) is 0 Å². The van der Waals surface area contributed by atoms with Crippen LogP contribution in [0.5, 0.6) is 0 Å². The maximum Gasteiger partial charge on any atom is 0.335 e. The monoisotopic (exact) mass is 409 g/mol. The number of carbonyl (C=O) groups is 1. The lowest BCUT2D eigenvalue weighted by molar-refractivity contribution is 0.0695. The van der Waals surface area contributed by atoms with Crippen LogP contribution in [0.1, 0.15) is 74.2 Å². The Morgan fingerprint density at radius 2 is 1.40 bits per heavy atom. The fraction of sp³-hybridized carbons (Fsp3) is 0.480. The Morgan fingerprint density at radius 1 is 0.833 bits per heavy atom.